The molecule has 1 aliphatic carbocycles. The van der Waals surface area contributed by atoms with E-state index in [0.717, 1.165) is 40.2 Å². The lowest BCUT2D eigenvalue weighted by atomic mass is 9.81. The van der Waals surface area contributed by atoms with Crippen molar-refractivity contribution in [2.45, 2.75) is 58.8 Å². The fraction of sp³-hybridized carbons (Fsp3) is 0.351. The summed E-state index contributed by atoms with van der Waals surface area (Å²) in [6.45, 7) is 13.7. The molecule has 5 rings (SSSR count). The molecule has 2 N–H and O–H groups in total. The van der Waals surface area contributed by atoms with Crippen molar-refractivity contribution in [1.82, 2.24) is 0 Å². The zero-order valence-electron chi connectivity index (χ0n) is 25.2. The van der Waals surface area contributed by atoms with Crippen molar-refractivity contribution in [3.63, 3.8) is 0 Å². The van der Waals surface area contributed by atoms with Gasteiger partial charge in [-0.3, -0.25) is 0 Å². The zero-order chi connectivity index (χ0) is 29.4. The number of hydrogen-bond donors (Lipinski definition) is 2. The van der Waals surface area contributed by atoms with Crippen LogP contribution in [-0.4, -0.2) is 36.6 Å². The highest BCUT2D eigenvalue weighted by atomic mass is 16.5. The SMILES string of the molecule is CC(C)(C)c1cc(-c2ccc3c(c2-c2ccc(OCCO)c(C(C)(C)C)c2)Cc2ccccc2-3)ccc1OCCO. The van der Waals surface area contributed by atoms with Crippen molar-refractivity contribution in [2.75, 3.05) is 26.4 Å². The number of benzene rings is 4. The average molecular weight is 551 g/mol. The van der Waals surface area contributed by atoms with Crippen LogP contribution in [0, 0.1) is 0 Å². The minimum absolute atomic E-state index is 0.0189. The molecule has 0 radical (unpaired) electrons. The Hall–Kier alpha value is -3.60. The highest BCUT2D eigenvalue weighted by molar-refractivity contribution is 5.94. The molecule has 0 spiro atoms. The third-order valence-electron chi connectivity index (χ3n) is 7.86. The van der Waals surface area contributed by atoms with E-state index in [2.05, 4.69) is 108 Å². The van der Waals surface area contributed by atoms with E-state index in [0.29, 0.717) is 0 Å². The lowest BCUT2D eigenvalue weighted by molar-refractivity contribution is 0.199. The molecule has 0 saturated heterocycles. The maximum atomic E-state index is 9.41. The van der Waals surface area contributed by atoms with Crippen LogP contribution in [0.5, 0.6) is 11.5 Å². The minimum atomic E-state index is -0.146. The van der Waals surface area contributed by atoms with Gasteiger partial charge in [-0.2, -0.15) is 0 Å². The second-order valence-electron chi connectivity index (χ2n) is 12.9. The molecule has 1 aliphatic rings. The van der Waals surface area contributed by atoms with Crippen LogP contribution in [0.25, 0.3) is 33.4 Å². The van der Waals surface area contributed by atoms with E-state index in [9.17, 15) is 10.2 Å². The molecule has 0 bridgehead atoms. The van der Waals surface area contributed by atoms with E-state index in [1.54, 1.807) is 0 Å². The van der Waals surface area contributed by atoms with Crippen molar-refractivity contribution in [3.05, 3.63) is 95.1 Å². The summed E-state index contributed by atoms with van der Waals surface area (Å²) in [5.41, 5.74) is 11.9. The molecule has 0 fully saturated rings. The number of rotatable bonds is 8. The number of hydrogen-bond acceptors (Lipinski definition) is 4. The maximum Gasteiger partial charge on any atom is 0.123 e. The van der Waals surface area contributed by atoms with Crippen LogP contribution in [0.4, 0.5) is 0 Å². The summed E-state index contributed by atoms with van der Waals surface area (Å²) in [5, 5.41) is 18.8. The normalized spacial score (nSPS) is 12.7. The van der Waals surface area contributed by atoms with Crippen molar-refractivity contribution in [1.29, 1.82) is 0 Å². The Bertz CT molecular complexity index is 1550. The number of ether oxygens (including phenoxy) is 2. The topological polar surface area (TPSA) is 58.9 Å². The summed E-state index contributed by atoms with van der Waals surface area (Å²) >= 11 is 0. The van der Waals surface area contributed by atoms with Crippen molar-refractivity contribution >= 4 is 0 Å². The predicted octanol–water partition coefficient (Wildman–Crippen LogP) is 7.93. The van der Waals surface area contributed by atoms with E-state index < -0.39 is 0 Å². The molecule has 0 aromatic heterocycles. The molecule has 214 valence electrons. The van der Waals surface area contributed by atoms with Crippen molar-refractivity contribution < 1.29 is 19.7 Å². The van der Waals surface area contributed by atoms with Gasteiger partial charge < -0.3 is 19.7 Å². The largest absolute Gasteiger partial charge is 0.491 e. The van der Waals surface area contributed by atoms with Gasteiger partial charge in [0.2, 0.25) is 0 Å². The Kier molecular flexibility index (Phi) is 8.00. The summed E-state index contributed by atoms with van der Waals surface area (Å²) in [6.07, 6.45) is 0.881. The summed E-state index contributed by atoms with van der Waals surface area (Å²) in [6, 6.07) is 26.2. The first kappa shape index (κ1) is 28.9. The first-order valence-corrected chi connectivity index (χ1v) is 14.5. The Morgan fingerprint density at radius 1 is 0.610 bits per heavy atom. The highest BCUT2D eigenvalue weighted by Gasteiger charge is 2.27. The number of fused-ring (bicyclic) bond motifs is 3. The van der Waals surface area contributed by atoms with Gasteiger partial charge in [0, 0.05) is 11.1 Å². The first-order valence-electron chi connectivity index (χ1n) is 14.5. The van der Waals surface area contributed by atoms with Crippen LogP contribution in [0.1, 0.15) is 63.8 Å². The molecule has 4 aromatic carbocycles. The van der Waals surface area contributed by atoms with Crippen molar-refractivity contribution in [2.24, 2.45) is 0 Å². The van der Waals surface area contributed by atoms with Gasteiger partial charge in [-0.05, 0) is 86.0 Å². The van der Waals surface area contributed by atoms with E-state index in [4.69, 9.17) is 9.47 Å². The lowest BCUT2D eigenvalue weighted by Gasteiger charge is -2.26. The Labute approximate surface area is 244 Å². The minimum Gasteiger partial charge on any atom is -0.491 e. The molecule has 4 heteroatoms. The summed E-state index contributed by atoms with van der Waals surface area (Å²) < 4.78 is 11.9. The number of aliphatic hydroxyl groups excluding tert-OH is 2. The summed E-state index contributed by atoms with van der Waals surface area (Å²) in [4.78, 5) is 0. The quantitative estimate of drug-likeness (QED) is 0.206. The van der Waals surface area contributed by atoms with E-state index in [1.165, 1.54) is 33.4 Å². The second-order valence-corrected chi connectivity index (χ2v) is 12.9. The maximum absolute atomic E-state index is 9.41. The molecular weight excluding hydrogens is 508 g/mol. The zero-order valence-corrected chi connectivity index (χ0v) is 25.2. The molecule has 0 saturated carbocycles. The monoisotopic (exact) mass is 550 g/mol. The van der Waals surface area contributed by atoms with Gasteiger partial charge in [-0.1, -0.05) is 90.1 Å². The molecule has 0 aliphatic heterocycles. The Morgan fingerprint density at radius 2 is 1.15 bits per heavy atom. The van der Waals surface area contributed by atoms with Gasteiger partial charge in [0.1, 0.15) is 24.7 Å². The van der Waals surface area contributed by atoms with Gasteiger partial charge in [0.15, 0.2) is 0 Å². The molecule has 4 nitrogen and oxygen atoms in total. The van der Waals surface area contributed by atoms with Gasteiger partial charge in [-0.25, -0.2) is 0 Å². The molecule has 0 amide bonds. The first-order chi connectivity index (χ1) is 19.5. The predicted molar refractivity (Wildman–Crippen MR) is 168 cm³/mol. The van der Waals surface area contributed by atoms with Crippen LogP contribution in [0.2, 0.25) is 0 Å². The van der Waals surface area contributed by atoms with Gasteiger partial charge in [-0.15, -0.1) is 0 Å². The van der Waals surface area contributed by atoms with E-state index in [1.807, 2.05) is 6.07 Å². The van der Waals surface area contributed by atoms with Crippen LogP contribution in [0.15, 0.2) is 72.8 Å². The van der Waals surface area contributed by atoms with Crippen LogP contribution >= 0.6 is 0 Å². The Balaban J connectivity index is 1.75. The molecular formula is C37H42O4. The third-order valence-corrected chi connectivity index (χ3v) is 7.86. The summed E-state index contributed by atoms with van der Waals surface area (Å²) in [7, 11) is 0. The van der Waals surface area contributed by atoms with Crippen molar-refractivity contribution in [3.8, 4) is 44.9 Å². The van der Waals surface area contributed by atoms with E-state index in [-0.39, 0.29) is 37.3 Å². The summed E-state index contributed by atoms with van der Waals surface area (Å²) in [5.74, 6) is 1.62. The van der Waals surface area contributed by atoms with Gasteiger partial charge in [0.25, 0.3) is 0 Å². The molecule has 0 unspecified atom stereocenters. The van der Waals surface area contributed by atoms with E-state index >= 15 is 0 Å². The molecule has 4 aromatic rings. The molecule has 41 heavy (non-hydrogen) atoms. The number of aliphatic hydroxyl groups is 2. The Morgan fingerprint density at radius 3 is 1.73 bits per heavy atom. The van der Waals surface area contributed by atoms with Gasteiger partial charge in [0.05, 0.1) is 13.2 Å². The van der Waals surface area contributed by atoms with Gasteiger partial charge >= 0.3 is 0 Å². The fourth-order valence-corrected chi connectivity index (χ4v) is 5.90. The fourth-order valence-electron chi connectivity index (χ4n) is 5.90. The van der Waals surface area contributed by atoms with Crippen LogP contribution < -0.4 is 9.47 Å². The average Bonchev–Trinajstić information content (AvgIpc) is 3.32. The second kappa shape index (κ2) is 11.3. The smallest absolute Gasteiger partial charge is 0.123 e. The molecule has 0 heterocycles. The third kappa shape index (κ3) is 5.77. The van der Waals surface area contributed by atoms with Crippen LogP contribution in [-0.2, 0) is 17.3 Å². The molecule has 0 atom stereocenters. The standard InChI is InChI=1S/C37H42O4/c1-36(2,3)31-22-25(11-15-33(31)40-19-17-38)28-13-14-29-27-10-8-7-9-24(27)21-30(29)35(28)26-12-16-34(41-20-18-39)32(23-26)37(4,5)6/h7-16,22-23,38-39H,17-21H2,1-6H3. The lowest BCUT2D eigenvalue weighted by Crippen LogP contribution is -2.15. The van der Waals surface area contributed by atoms with Crippen LogP contribution in [0.3, 0.4) is 0 Å². The highest BCUT2D eigenvalue weighted by Crippen LogP contribution is 2.48.